The van der Waals surface area contributed by atoms with Crippen LogP contribution in [0.15, 0.2) is 60.7 Å². The van der Waals surface area contributed by atoms with Gasteiger partial charge >= 0.3 is 12.1 Å². The number of alkyl halides is 3. The first-order valence-electron chi connectivity index (χ1n) is 12.2. The lowest BCUT2D eigenvalue weighted by Gasteiger charge is -2.27. The number of rotatable bonds is 5. The van der Waals surface area contributed by atoms with Crippen LogP contribution in [0.25, 0.3) is 22.0 Å². The summed E-state index contributed by atoms with van der Waals surface area (Å²) in [7, 11) is 1.51. The minimum atomic E-state index is -4.57. The maximum absolute atomic E-state index is 13.8. The summed E-state index contributed by atoms with van der Waals surface area (Å²) in [5, 5.41) is 13.1. The Bertz CT molecular complexity index is 1590. The number of carboxylic acid groups (broad SMARTS) is 1. The fourth-order valence-electron chi connectivity index (χ4n) is 5.12. The lowest BCUT2D eigenvalue weighted by molar-refractivity contribution is -0.140. The first-order chi connectivity index (χ1) is 18.2. The second-order valence-electron chi connectivity index (χ2n) is 9.35. The van der Waals surface area contributed by atoms with Gasteiger partial charge in [-0.05, 0) is 65.8 Å². The number of aryl methyl sites for hydroxylation is 2. The highest BCUT2D eigenvalue weighted by Gasteiger charge is 2.37. The summed E-state index contributed by atoms with van der Waals surface area (Å²) in [4.78, 5) is 11.3. The number of ether oxygens (including phenoxy) is 1. The van der Waals surface area contributed by atoms with Gasteiger partial charge in [-0.2, -0.15) is 18.3 Å². The molecule has 0 aliphatic carbocycles. The molecule has 1 N–H and O–H groups in total. The fraction of sp³-hybridized carbons (Fsp3) is 0.267. The molecule has 0 saturated carbocycles. The summed E-state index contributed by atoms with van der Waals surface area (Å²) in [6, 6.07) is 18.1. The van der Waals surface area contributed by atoms with Crippen LogP contribution in [0, 0.1) is 11.8 Å². The minimum Gasteiger partial charge on any atom is -0.485 e. The van der Waals surface area contributed by atoms with Crippen molar-refractivity contribution < 1.29 is 27.8 Å². The number of hydrogen-bond donors (Lipinski definition) is 1. The first-order valence-corrected chi connectivity index (χ1v) is 12.2. The normalized spacial score (nSPS) is 15.8. The van der Waals surface area contributed by atoms with E-state index < -0.39 is 23.8 Å². The van der Waals surface area contributed by atoms with Crippen molar-refractivity contribution in [2.45, 2.75) is 44.4 Å². The molecule has 1 unspecified atom stereocenters. The summed E-state index contributed by atoms with van der Waals surface area (Å²) in [6.45, 7) is 1.69. The molecule has 1 aliphatic heterocycles. The van der Waals surface area contributed by atoms with E-state index in [9.17, 15) is 23.1 Å². The van der Waals surface area contributed by atoms with E-state index in [0.29, 0.717) is 35.2 Å². The topological polar surface area (TPSA) is 64.3 Å². The zero-order valence-electron chi connectivity index (χ0n) is 20.8. The number of carboxylic acids is 1. The molecule has 5 nitrogen and oxygen atoms in total. The summed E-state index contributed by atoms with van der Waals surface area (Å²) in [6.07, 6.45) is -3.53. The predicted molar refractivity (Wildman–Crippen MR) is 138 cm³/mol. The molecule has 5 rings (SSSR count). The van der Waals surface area contributed by atoms with Gasteiger partial charge in [-0.15, -0.1) is 5.92 Å². The third-order valence-electron chi connectivity index (χ3n) is 6.85. The van der Waals surface area contributed by atoms with Crippen molar-refractivity contribution >= 4 is 16.9 Å². The van der Waals surface area contributed by atoms with E-state index in [0.717, 1.165) is 16.7 Å². The fourth-order valence-corrected chi connectivity index (χ4v) is 5.12. The number of aliphatic carboxylic acids is 1. The Hall–Kier alpha value is -4.25. The van der Waals surface area contributed by atoms with Crippen LogP contribution in [0.4, 0.5) is 13.2 Å². The maximum atomic E-state index is 13.8. The molecule has 3 aromatic carbocycles. The molecule has 1 aromatic heterocycles. The Morgan fingerprint density at radius 3 is 2.71 bits per heavy atom. The van der Waals surface area contributed by atoms with Gasteiger partial charge in [-0.1, -0.05) is 48.4 Å². The second kappa shape index (κ2) is 9.90. The predicted octanol–water partition coefficient (Wildman–Crippen LogP) is 6.91. The standard InChI is InChI=1S/C30H25F3N2O3/c1-3-6-18(17-27(36)37)19-11-13-26-22(15-19)12-14-25(38-26)21-8-4-7-20(16-21)23-9-5-10-24-28(23)29(30(31,32)33)34-35(24)2/h4-5,7-11,13,15-16,18,25H,12,14,17H2,1-2H3,(H,36,37)/t18-,25?/m0/s1. The quantitative estimate of drug-likeness (QED) is 0.292. The van der Waals surface area contributed by atoms with Crippen molar-refractivity contribution in [3.8, 4) is 28.7 Å². The average Bonchev–Trinajstić information content (AvgIpc) is 3.25. The zero-order chi connectivity index (χ0) is 27.0. The summed E-state index contributed by atoms with van der Waals surface area (Å²) < 4.78 is 48.9. The Kier molecular flexibility index (Phi) is 6.62. The molecule has 0 amide bonds. The van der Waals surface area contributed by atoms with Gasteiger partial charge in [-0.3, -0.25) is 9.48 Å². The second-order valence-corrected chi connectivity index (χ2v) is 9.35. The number of benzene rings is 3. The van der Waals surface area contributed by atoms with Gasteiger partial charge in [0, 0.05) is 12.4 Å². The van der Waals surface area contributed by atoms with E-state index in [4.69, 9.17) is 4.74 Å². The van der Waals surface area contributed by atoms with Gasteiger partial charge in [0.2, 0.25) is 0 Å². The monoisotopic (exact) mass is 518 g/mol. The molecule has 0 saturated heterocycles. The highest BCUT2D eigenvalue weighted by molar-refractivity contribution is 5.97. The molecule has 0 bridgehead atoms. The molecule has 8 heteroatoms. The highest BCUT2D eigenvalue weighted by Crippen LogP contribution is 2.41. The summed E-state index contributed by atoms with van der Waals surface area (Å²) >= 11 is 0. The molecule has 0 spiro atoms. The molecular weight excluding hydrogens is 493 g/mol. The van der Waals surface area contributed by atoms with E-state index in [1.165, 1.54) is 11.7 Å². The van der Waals surface area contributed by atoms with Crippen LogP contribution in [0.2, 0.25) is 0 Å². The van der Waals surface area contributed by atoms with Gasteiger partial charge in [0.1, 0.15) is 11.9 Å². The lowest BCUT2D eigenvalue weighted by Crippen LogP contribution is -2.16. The van der Waals surface area contributed by atoms with Gasteiger partial charge in [0.25, 0.3) is 0 Å². The van der Waals surface area contributed by atoms with Crippen LogP contribution in [0.1, 0.15) is 54.2 Å². The van der Waals surface area contributed by atoms with E-state index in [2.05, 4.69) is 16.9 Å². The zero-order valence-corrected chi connectivity index (χ0v) is 20.8. The van der Waals surface area contributed by atoms with Crippen molar-refractivity contribution in [3.63, 3.8) is 0 Å². The van der Waals surface area contributed by atoms with Crippen LogP contribution >= 0.6 is 0 Å². The average molecular weight is 519 g/mol. The number of hydrogen-bond acceptors (Lipinski definition) is 3. The van der Waals surface area contributed by atoms with Gasteiger partial charge in [0.15, 0.2) is 5.69 Å². The van der Waals surface area contributed by atoms with Crippen molar-refractivity contribution in [2.75, 3.05) is 0 Å². The number of halogens is 3. The highest BCUT2D eigenvalue weighted by atomic mass is 19.4. The maximum Gasteiger partial charge on any atom is 0.435 e. The van der Waals surface area contributed by atoms with E-state index in [-0.39, 0.29) is 17.9 Å². The van der Waals surface area contributed by atoms with Gasteiger partial charge in [0.05, 0.1) is 17.9 Å². The molecule has 1 aliphatic rings. The third kappa shape index (κ3) is 4.84. The molecular formula is C30H25F3N2O3. The SMILES string of the molecule is CC#C[C@@H](CC(=O)O)c1ccc2c(c1)CCC(c1cccc(-c3cccc4c3c(C(F)(F)F)nn4C)c1)O2. The molecule has 2 heterocycles. The number of aromatic nitrogens is 2. The van der Waals surface area contributed by atoms with Crippen LogP contribution in [-0.2, 0) is 24.4 Å². The number of carbonyl (C=O) groups is 1. The summed E-state index contributed by atoms with van der Waals surface area (Å²) in [5.41, 5.74) is 3.33. The minimum absolute atomic E-state index is 0.0738. The largest absolute Gasteiger partial charge is 0.485 e. The number of nitrogens with zero attached hydrogens (tertiary/aromatic N) is 2. The molecule has 38 heavy (non-hydrogen) atoms. The Morgan fingerprint density at radius 1 is 1.18 bits per heavy atom. The van der Waals surface area contributed by atoms with Crippen molar-refractivity contribution in [2.24, 2.45) is 7.05 Å². The van der Waals surface area contributed by atoms with Crippen molar-refractivity contribution in [1.82, 2.24) is 9.78 Å². The molecule has 194 valence electrons. The molecule has 0 fully saturated rings. The van der Waals surface area contributed by atoms with E-state index in [1.54, 1.807) is 31.2 Å². The molecule has 0 radical (unpaired) electrons. The molecule has 2 atom stereocenters. The number of fused-ring (bicyclic) bond motifs is 2. The Morgan fingerprint density at radius 2 is 1.97 bits per heavy atom. The lowest BCUT2D eigenvalue weighted by atomic mass is 9.90. The van der Waals surface area contributed by atoms with E-state index in [1.807, 2.05) is 36.4 Å². The van der Waals surface area contributed by atoms with Crippen LogP contribution in [-0.4, -0.2) is 20.9 Å². The van der Waals surface area contributed by atoms with Crippen molar-refractivity contribution in [1.29, 1.82) is 0 Å². The Labute approximate surface area is 217 Å². The summed E-state index contributed by atoms with van der Waals surface area (Å²) in [5.74, 6) is 5.19. The van der Waals surface area contributed by atoms with Gasteiger partial charge < -0.3 is 9.84 Å². The van der Waals surface area contributed by atoms with Crippen LogP contribution in [0.3, 0.4) is 0 Å². The van der Waals surface area contributed by atoms with E-state index >= 15 is 0 Å². The van der Waals surface area contributed by atoms with Crippen molar-refractivity contribution in [3.05, 3.63) is 83.0 Å². The van der Waals surface area contributed by atoms with Gasteiger partial charge in [-0.25, -0.2) is 0 Å². The van der Waals surface area contributed by atoms with Crippen LogP contribution < -0.4 is 4.74 Å². The Balaban J connectivity index is 1.46. The third-order valence-corrected chi connectivity index (χ3v) is 6.85. The van der Waals surface area contributed by atoms with Crippen LogP contribution in [0.5, 0.6) is 5.75 Å². The molecule has 4 aromatic rings. The first kappa shape index (κ1) is 25.4. The smallest absolute Gasteiger partial charge is 0.435 e.